The van der Waals surface area contributed by atoms with E-state index in [2.05, 4.69) is 27.1 Å². The molecule has 128 valence electrons. The van der Waals surface area contributed by atoms with Gasteiger partial charge < -0.3 is 10.2 Å². The Morgan fingerprint density at radius 2 is 2.04 bits per heavy atom. The lowest BCUT2D eigenvalue weighted by molar-refractivity contribution is 0.176. The molecule has 2 aromatic rings. The van der Waals surface area contributed by atoms with E-state index < -0.39 is 0 Å². The summed E-state index contributed by atoms with van der Waals surface area (Å²) in [6.45, 7) is 6.89. The summed E-state index contributed by atoms with van der Waals surface area (Å²) in [5.74, 6) is 0. The van der Waals surface area contributed by atoms with Crippen LogP contribution in [0.1, 0.15) is 11.3 Å². The van der Waals surface area contributed by atoms with E-state index >= 15 is 0 Å². The fraction of sp³-hybridized carbons (Fsp3) is 0.412. The van der Waals surface area contributed by atoms with Gasteiger partial charge in [-0.25, -0.2) is 0 Å². The highest BCUT2D eigenvalue weighted by molar-refractivity contribution is 7.80. The molecule has 2 heterocycles. The van der Waals surface area contributed by atoms with Gasteiger partial charge in [0, 0.05) is 61.7 Å². The summed E-state index contributed by atoms with van der Waals surface area (Å²) in [5.41, 5.74) is 3.46. The van der Waals surface area contributed by atoms with Crippen LogP contribution in [0.3, 0.4) is 0 Å². The average Bonchev–Trinajstić information content (AvgIpc) is 2.87. The molecule has 3 rings (SSSR count). The van der Waals surface area contributed by atoms with E-state index in [0.29, 0.717) is 5.02 Å². The Bertz CT molecular complexity index is 722. The number of rotatable bonds is 3. The molecule has 1 fully saturated rings. The molecule has 0 amide bonds. The van der Waals surface area contributed by atoms with Crippen molar-refractivity contribution in [1.29, 1.82) is 0 Å². The fourth-order valence-corrected chi connectivity index (χ4v) is 3.31. The van der Waals surface area contributed by atoms with Gasteiger partial charge in [0.15, 0.2) is 5.11 Å². The van der Waals surface area contributed by atoms with Crippen LogP contribution in [0, 0.1) is 6.92 Å². The van der Waals surface area contributed by atoms with Crippen LogP contribution in [0.2, 0.25) is 5.02 Å². The third kappa shape index (κ3) is 4.06. The topological polar surface area (TPSA) is 36.3 Å². The molecule has 1 aromatic carbocycles. The van der Waals surface area contributed by atoms with E-state index in [1.807, 2.05) is 42.2 Å². The number of piperazine rings is 1. The molecule has 0 atom stereocenters. The van der Waals surface area contributed by atoms with Crippen molar-refractivity contribution in [3.63, 3.8) is 0 Å². The number of thiocarbonyl (C=S) groups is 1. The number of halogens is 1. The van der Waals surface area contributed by atoms with E-state index in [1.165, 1.54) is 11.3 Å². The lowest BCUT2D eigenvalue weighted by Gasteiger charge is -2.36. The first-order chi connectivity index (χ1) is 11.5. The largest absolute Gasteiger partial charge is 0.346 e. The molecule has 5 nitrogen and oxygen atoms in total. The third-order valence-corrected chi connectivity index (χ3v) is 5.06. The maximum Gasteiger partial charge on any atom is 0.173 e. The van der Waals surface area contributed by atoms with Crippen molar-refractivity contribution in [2.45, 2.75) is 13.5 Å². The van der Waals surface area contributed by atoms with Crippen molar-refractivity contribution in [3.8, 4) is 0 Å². The Balaban J connectivity index is 1.51. The fourth-order valence-electron chi connectivity index (χ4n) is 2.82. The van der Waals surface area contributed by atoms with Crippen LogP contribution in [0.25, 0.3) is 0 Å². The zero-order valence-corrected chi connectivity index (χ0v) is 15.6. The number of aryl methyl sites for hydroxylation is 1. The molecule has 1 aromatic heterocycles. The molecule has 0 aliphatic carbocycles. The predicted molar refractivity (Wildman–Crippen MR) is 102 cm³/mol. The van der Waals surface area contributed by atoms with Crippen molar-refractivity contribution in [2.24, 2.45) is 7.05 Å². The van der Waals surface area contributed by atoms with E-state index in [9.17, 15) is 0 Å². The van der Waals surface area contributed by atoms with Crippen LogP contribution in [-0.2, 0) is 13.6 Å². The van der Waals surface area contributed by atoms with Gasteiger partial charge in [-0.05, 0) is 37.3 Å². The zero-order chi connectivity index (χ0) is 17.1. The standard InChI is InChI=1S/C17H22ClN5S/c1-13-14(11-19-21(13)2)12-22-6-8-23(9-7-22)17(24)20-16-5-3-4-15(18)10-16/h3-5,10-11H,6-9,12H2,1-2H3,(H,20,24). The summed E-state index contributed by atoms with van der Waals surface area (Å²) >= 11 is 11.5. The van der Waals surface area contributed by atoms with Gasteiger partial charge in [0.1, 0.15) is 0 Å². The second-order valence-corrected chi connectivity index (χ2v) is 6.91. The van der Waals surface area contributed by atoms with Crippen LogP contribution < -0.4 is 5.32 Å². The first-order valence-corrected chi connectivity index (χ1v) is 8.83. The highest BCUT2D eigenvalue weighted by Gasteiger charge is 2.20. The number of benzene rings is 1. The molecule has 0 saturated carbocycles. The number of nitrogens with one attached hydrogen (secondary N) is 1. The van der Waals surface area contributed by atoms with Gasteiger partial charge in [-0.2, -0.15) is 5.10 Å². The monoisotopic (exact) mass is 363 g/mol. The number of nitrogens with zero attached hydrogens (tertiary/aromatic N) is 4. The van der Waals surface area contributed by atoms with Gasteiger partial charge in [-0.3, -0.25) is 9.58 Å². The summed E-state index contributed by atoms with van der Waals surface area (Å²) < 4.78 is 1.93. The average molecular weight is 364 g/mol. The molecule has 24 heavy (non-hydrogen) atoms. The summed E-state index contributed by atoms with van der Waals surface area (Å²) in [4.78, 5) is 4.66. The minimum Gasteiger partial charge on any atom is -0.346 e. The van der Waals surface area contributed by atoms with Crippen LogP contribution in [0.5, 0.6) is 0 Å². The zero-order valence-electron chi connectivity index (χ0n) is 14.0. The van der Waals surface area contributed by atoms with Crippen LogP contribution in [0.15, 0.2) is 30.5 Å². The molecule has 0 spiro atoms. The minimum absolute atomic E-state index is 0.708. The van der Waals surface area contributed by atoms with E-state index in [0.717, 1.165) is 43.5 Å². The Morgan fingerprint density at radius 3 is 2.67 bits per heavy atom. The van der Waals surface area contributed by atoms with Gasteiger partial charge in [-0.15, -0.1) is 0 Å². The second kappa shape index (κ2) is 7.51. The normalized spacial score (nSPS) is 15.5. The first-order valence-electron chi connectivity index (χ1n) is 8.04. The molecule has 1 saturated heterocycles. The molecule has 0 bridgehead atoms. The van der Waals surface area contributed by atoms with E-state index in [-0.39, 0.29) is 0 Å². The lowest BCUT2D eigenvalue weighted by atomic mass is 10.2. The summed E-state index contributed by atoms with van der Waals surface area (Å²) in [7, 11) is 1.98. The van der Waals surface area contributed by atoms with Crippen LogP contribution in [-0.4, -0.2) is 50.9 Å². The Hall–Kier alpha value is -1.63. The van der Waals surface area contributed by atoms with E-state index in [4.69, 9.17) is 23.8 Å². The number of anilines is 1. The SMILES string of the molecule is Cc1c(CN2CCN(C(=S)Nc3cccc(Cl)c3)CC2)cnn1C. The molecule has 1 aliphatic heterocycles. The maximum absolute atomic E-state index is 6.01. The lowest BCUT2D eigenvalue weighted by Crippen LogP contribution is -2.49. The van der Waals surface area contributed by atoms with Crippen molar-refractivity contribution >= 4 is 34.6 Å². The van der Waals surface area contributed by atoms with Crippen molar-refractivity contribution in [1.82, 2.24) is 19.6 Å². The van der Waals surface area contributed by atoms with Crippen molar-refractivity contribution in [3.05, 3.63) is 46.7 Å². The van der Waals surface area contributed by atoms with Crippen molar-refractivity contribution < 1.29 is 0 Å². The number of hydrogen-bond acceptors (Lipinski definition) is 3. The molecule has 1 aliphatic rings. The molecule has 0 unspecified atom stereocenters. The second-order valence-electron chi connectivity index (χ2n) is 6.08. The minimum atomic E-state index is 0.708. The summed E-state index contributed by atoms with van der Waals surface area (Å²) in [6, 6.07) is 7.63. The Labute approximate surface area is 153 Å². The first kappa shape index (κ1) is 17.2. The Morgan fingerprint density at radius 1 is 1.29 bits per heavy atom. The predicted octanol–water partition coefficient (Wildman–Crippen LogP) is 2.90. The summed E-state index contributed by atoms with van der Waals surface area (Å²) in [5, 5.41) is 9.05. The van der Waals surface area contributed by atoms with Gasteiger partial charge in [0.2, 0.25) is 0 Å². The third-order valence-electron chi connectivity index (χ3n) is 4.47. The van der Waals surface area contributed by atoms with Crippen LogP contribution >= 0.6 is 23.8 Å². The van der Waals surface area contributed by atoms with Gasteiger partial charge in [0.05, 0.1) is 6.20 Å². The molecule has 1 N–H and O–H groups in total. The molecule has 0 radical (unpaired) electrons. The highest BCUT2D eigenvalue weighted by Crippen LogP contribution is 2.16. The number of aromatic nitrogens is 2. The molecule has 7 heteroatoms. The van der Waals surface area contributed by atoms with Gasteiger partial charge >= 0.3 is 0 Å². The van der Waals surface area contributed by atoms with Crippen LogP contribution in [0.4, 0.5) is 5.69 Å². The Kier molecular flexibility index (Phi) is 5.38. The smallest absolute Gasteiger partial charge is 0.173 e. The van der Waals surface area contributed by atoms with Gasteiger partial charge in [0.25, 0.3) is 0 Å². The van der Waals surface area contributed by atoms with Crippen molar-refractivity contribution in [2.75, 3.05) is 31.5 Å². The quantitative estimate of drug-likeness (QED) is 0.848. The highest BCUT2D eigenvalue weighted by atomic mass is 35.5. The molecular formula is C17H22ClN5S. The van der Waals surface area contributed by atoms with Gasteiger partial charge in [-0.1, -0.05) is 17.7 Å². The molecular weight excluding hydrogens is 342 g/mol. The maximum atomic E-state index is 6.01. The number of hydrogen-bond donors (Lipinski definition) is 1. The summed E-state index contributed by atoms with van der Waals surface area (Å²) in [6.07, 6.45) is 1.97. The van der Waals surface area contributed by atoms with E-state index in [1.54, 1.807) is 0 Å².